The van der Waals surface area contributed by atoms with Crippen LogP contribution in [0.25, 0.3) is 0 Å². The van der Waals surface area contributed by atoms with Gasteiger partial charge in [-0.3, -0.25) is 4.79 Å². The number of benzene rings is 2. The van der Waals surface area contributed by atoms with E-state index in [9.17, 15) is 18.0 Å². The Hall–Kier alpha value is -2.61. The van der Waals surface area contributed by atoms with Gasteiger partial charge in [0, 0.05) is 0 Å². The SMILES string of the molecule is C/C(=N/N=C1/NC(=O)[C@@H](Cc2cccc(C(F)(F)F)c2)S1)c1ccc(C)cc1. The number of nitrogens with one attached hydrogen (secondary N) is 1. The molecule has 8 heteroatoms. The van der Waals surface area contributed by atoms with Crippen LogP contribution in [0.5, 0.6) is 0 Å². The van der Waals surface area contributed by atoms with Crippen LogP contribution >= 0.6 is 11.8 Å². The second kappa shape index (κ2) is 8.18. The van der Waals surface area contributed by atoms with Crippen LogP contribution in [0.2, 0.25) is 0 Å². The molecule has 146 valence electrons. The van der Waals surface area contributed by atoms with E-state index < -0.39 is 17.0 Å². The van der Waals surface area contributed by atoms with Crippen molar-refractivity contribution in [3.05, 3.63) is 70.8 Å². The van der Waals surface area contributed by atoms with Gasteiger partial charge in [0.2, 0.25) is 5.91 Å². The quantitative estimate of drug-likeness (QED) is 0.599. The molecular weight excluding hydrogens is 387 g/mol. The van der Waals surface area contributed by atoms with Crippen LogP contribution in [0.15, 0.2) is 58.7 Å². The minimum atomic E-state index is -4.41. The first-order chi connectivity index (χ1) is 13.2. The fourth-order valence-electron chi connectivity index (χ4n) is 2.65. The number of carbonyl (C=O) groups excluding carboxylic acids is 1. The third kappa shape index (κ3) is 5.01. The highest BCUT2D eigenvalue weighted by Crippen LogP contribution is 2.31. The molecule has 1 heterocycles. The summed E-state index contributed by atoms with van der Waals surface area (Å²) in [5.41, 5.74) is 2.48. The van der Waals surface area contributed by atoms with Crippen molar-refractivity contribution in [1.29, 1.82) is 0 Å². The molecule has 3 rings (SSSR count). The molecule has 2 aromatic rings. The van der Waals surface area contributed by atoms with Gasteiger partial charge in [-0.05, 0) is 37.5 Å². The summed E-state index contributed by atoms with van der Waals surface area (Å²) >= 11 is 1.17. The number of hydrogen-bond acceptors (Lipinski definition) is 4. The van der Waals surface area contributed by atoms with Crippen LogP contribution in [0.1, 0.15) is 29.2 Å². The molecule has 0 bridgehead atoms. The number of amidine groups is 1. The summed E-state index contributed by atoms with van der Waals surface area (Å²) in [7, 11) is 0. The second-order valence-electron chi connectivity index (χ2n) is 6.45. The number of amides is 1. The van der Waals surface area contributed by atoms with Gasteiger partial charge in [0.25, 0.3) is 0 Å². The van der Waals surface area contributed by atoms with Crippen LogP contribution in [-0.2, 0) is 17.4 Å². The van der Waals surface area contributed by atoms with Gasteiger partial charge in [-0.1, -0.05) is 59.8 Å². The van der Waals surface area contributed by atoms with Crippen molar-refractivity contribution in [1.82, 2.24) is 5.32 Å². The Morgan fingerprint density at radius 1 is 1.18 bits per heavy atom. The summed E-state index contributed by atoms with van der Waals surface area (Å²) in [5, 5.41) is 10.7. The highest BCUT2D eigenvalue weighted by Gasteiger charge is 2.33. The lowest BCUT2D eigenvalue weighted by Gasteiger charge is -2.10. The van der Waals surface area contributed by atoms with Crippen molar-refractivity contribution in [2.24, 2.45) is 10.2 Å². The third-order valence-electron chi connectivity index (χ3n) is 4.21. The predicted molar refractivity (Wildman–Crippen MR) is 105 cm³/mol. The number of hydrogen-bond donors (Lipinski definition) is 1. The number of rotatable bonds is 4. The molecule has 2 aromatic carbocycles. The predicted octanol–water partition coefficient (Wildman–Crippen LogP) is 4.57. The number of aryl methyl sites for hydroxylation is 1. The van der Waals surface area contributed by atoms with Gasteiger partial charge in [-0.2, -0.15) is 18.3 Å². The van der Waals surface area contributed by atoms with Gasteiger partial charge in [0.15, 0.2) is 5.17 Å². The zero-order valence-corrected chi connectivity index (χ0v) is 16.1. The number of halogens is 3. The normalized spacial score (nSPS) is 19.2. The van der Waals surface area contributed by atoms with E-state index in [0.29, 0.717) is 16.4 Å². The molecule has 28 heavy (non-hydrogen) atoms. The highest BCUT2D eigenvalue weighted by molar-refractivity contribution is 8.15. The molecule has 0 aromatic heterocycles. The molecule has 0 saturated carbocycles. The van der Waals surface area contributed by atoms with Gasteiger partial charge in [-0.15, -0.1) is 5.10 Å². The molecular formula is C20H18F3N3OS. The van der Waals surface area contributed by atoms with Crippen LogP contribution in [0.3, 0.4) is 0 Å². The fourth-order valence-corrected chi connectivity index (χ4v) is 3.61. The largest absolute Gasteiger partial charge is 0.416 e. The van der Waals surface area contributed by atoms with E-state index >= 15 is 0 Å². The maximum absolute atomic E-state index is 12.8. The van der Waals surface area contributed by atoms with Gasteiger partial charge in [0.05, 0.1) is 16.5 Å². The van der Waals surface area contributed by atoms with E-state index in [4.69, 9.17) is 0 Å². The molecule has 1 atom stereocenters. The number of carbonyl (C=O) groups is 1. The van der Waals surface area contributed by atoms with Crippen molar-refractivity contribution in [2.45, 2.75) is 31.7 Å². The first kappa shape index (κ1) is 20.1. The lowest BCUT2D eigenvalue weighted by atomic mass is 10.1. The summed E-state index contributed by atoms with van der Waals surface area (Å²) < 4.78 is 38.5. The maximum atomic E-state index is 12.8. The molecule has 1 aliphatic heterocycles. The summed E-state index contributed by atoms with van der Waals surface area (Å²) in [6.07, 6.45) is -4.23. The van der Waals surface area contributed by atoms with Crippen LogP contribution < -0.4 is 5.32 Å². The molecule has 1 aliphatic rings. The average Bonchev–Trinajstić information content (AvgIpc) is 2.99. The Bertz CT molecular complexity index is 936. The van der Waals surface area contributed by atoms with E-state index in [1.54, 1.807) is 6.07 Å². The zero-order chi connectivity index (χ0) is 20.3. The van der Waals surface area contributed by atoms with E-state index in [0.717, 1.165) is 23.3 Å². The van der Waals surface area contributed by atoms with E-state index in [1.807, 2.05) is 38.1 Å². The van der Waals surface area contributed by atoms with Crippen molar-refractivity contribution in [3.63, 3.8) is 0 Å². The first-order valence-corrected chi connectivity index (χ1v) is 9.43. The molecule has 4 nitrogen and oxygen atoms in total. The van der Waals surface area contributed by atoms with E-state index in [1.165, 1.54) is 17.8 Å². The Morgan fingerprint density at radius 2 is 1.89 bits per heavy atom. The first-order valence-electron chi connectivity index (χ1n) is 8.55. The topological polar surface area (TPSA) is 53.8 Å². The molecule has 0 radical (unpaired) electrons. The third-order valence-corrected chi connectivity index (χ3v) is 5.28. The van der Waals surface area contributed by atoms with Crippen LogP contribution in [-0.4, -0.2) is 22.0 Å². The van der Waals surface area contributed by atoms with Gasteiger partial charge in [0.1, 0.15) is 0 Å². The van der Waals surface area contributed by atoms with Gasteiger partial charge in [-0.25, -0.2) is 0 Å². The lowest BCUT2D eigenvalue weighted by Crippen LogP contribution is -2.26. The molecule has 1 saturated heterocycles. The number of thioether (sulfide) groups is 1. The minimum Gasteiger partial charge on any atom is -0.303 e. The standard InChI is InChI=1S/C20H18F3N3OS/c1-12-6-8-15(9-7-12)13(2)25-26-19-24-18(27)17(28-19)11-14-4-3-5-16(10-14)20(21,22)23/h3-10,17H,11H2,1-2H3,(H,24,26,27)/b25-13-/t17-/m1/s1. The zero-order valence-electron chi connectivity index (χ0n) is 15.2. The Labute approximate surface area is 164 Å². The van der Waals surface area contributed by atoms with Crippen LogP contribution in [0, 0.1) is 6.92 Å². The van der Waals surface area contributed by atoms with Crippen LogP contribution in [0.4, 0.5) is 13.2 Å². The van der Waals surface area contributed by atoms with Gasteiger partial charge >= 0.3 is 6.18 Å². The molecule has 1 fully saturated rings. The summed E-state index contributed by atoms with van der Waals surface area (Å²) in [4.78, 5) is 12.1. The summed E-state index contributed by atoms with van der Waals surface area (Å²) in [5.74, 6) is -0.288. The number of alkyl halides is 3. The van der Waals surface area contributed by atoms with E-state index in [-0.39, 0.29) is 12.3 Å². The summed E-state index contributed by atoms with van der Waals surface area (Å²) in [6, 6.07) is 12.8. The van der Waals surface area contributed by atoms with Crippen molar-refractivity contribution in [2.75, 3.05) is 0 Å². The minimum absolute atomic E-state index is 0.181. The lowest BCUT2D eigenvalue weighted by molar-refractivity contribution is -0.137. The van der Waals surface area contributed by atoms with E-state index in [2.05, 4.69) is 15.5 Å². The monoisotopic (exact) mass is 405 g/mol. The Morgan fingerprint density at radius 3 is 2.57 bits per heavy atom. The fraction of sp³-hybridized carbons (Fsp3) is 0.250. The average molecular weight is 405 g/mol. The Kier molecular flexibility index (Phi) is 5.88. The maximum Gasteiger partial charge on any atom is 0.416 e. The van der Waals surface area contributed by atoms with Crippen molar-refractivity contribution in [3.8, 4) is 0 Å². The molecule has 1 N–H and O–H groups in total. The molecule has 0 unspecified atom stereocenters. The highest BCUT2D eigenvalue weighted by atomic mass is 32.2. The molecule has 1 amide bonds. The Balaban J connectivity index is 1.69. The van der Waals surface area contributed by atoms with Gasteiger partial charge < -0.3 is 5.32 Å². The molecule has 0 aliphatic carbocycles. The second-order valence-corrected chi connectivity index (χ2v) is 7.65. The van der Waals surface area contributed by atoms with Crippen molar-refractivity contribution >= 4 is 28.5 Å². The molecule has 0 spiro atoms. The van der Waals surface area contributed by atoms with Crippen molar-refractivity contribution < 1.29 is 18.0 Å². The number of nitrogens with zero attached hydrogens (tertiary/aromatic N) is 2. The summed E-state index contributed by atoms with van der Waals surface area (Å²) in [6.45, 7) is 3.81. The smallest absolute Gasteiger partial charge is 0.303 e.